The smallest absolute Gasteiger partial charge is 0.335 e. The third kappa shape index (κ3) is 3.33. The van der Waals surface area contributed by atoms with Crippen LogP contribution in [0.4, 0.5) is 0 Å². The number of fused-ring (bicyclic) bond motifs is 1. The minimum Gasteiger partial charge on any atom is -0.478 e. The number of nitrogens with zero attached hydrogens (tertiary/aromatic N) is 1. The first kappa shape index (κ1) is 14.0. The Morgan fingerprint density at radius 3 is 2.63 bits per heavy atom. The van der Waals surface area contributed by atoms with Gasteiger partial charge in [0.2, 0.25) is 0 Å². The Labute approximate surface area is 112 Å². The summed E-state index contributed by atoms with van der Waals surface area (Å²) in [6, 6.07) is 5.08. The van der Waals surface area contributed by atoms with Crippen LogP contribution in [0.25, 0.3) is 0 Å². The van der Waals surface area contributed by atoms with Crippen LogP contribution in [0.1, 0.15) is 28.4 Å². The van der Waals surface area contributed by atoms with E-state index < -0.39 is 15.8 Å². The summed E-state index contributed by atoms with van der Waals surface area (Å²) in [5.41, 5.74) is 2.34. The van der Waals surface area contributed by atoms with Gasteiger partial charge in [0.15, 0.2) is 9.84 Å². The van der Waals surface area contributed by atoms with Gasteiger partial charge < -0.3 is 5.11 Å². The summed E-state index contributed by atoms with van der Waals surface area (Å²) in [5, 5.41) is 8.93. The largest absolute Gasteiger partial charge is 0.478 e. The molecule has 5 nitrogen and oxygen atoms in total. The molecule has 104 valence electrons. The lowest BCUT2D eigenvalue weighted by molar-refractivity contribution is 0.0696. The normalized spacial score (nSPS) is 15.4. The van der Waals surface area contributed by atoms with Crippen molar-refractivity contribution >= 4 is 15.8 Å². The second-order valence-electron chi connectivity index (χ2n) is 4.74. The molecular weight excluding hydrogens is 266 g/mol. The van der Waals surface area contributed by atoms with Crippen LogP contribution in [-0.4, -0.2) is 42.4 Å². The Balaban J connectivity index is 2.02. The standard InChI is InChI=1S/C13H17NO4S/c1-2-19(17,18)6-5-14-8-11-4-3-10(13(15)16)7-12(11)9-14/h3-4,7H,2,5-6,8-9H2,1H3,(H,15,16). The summed E-state index contributed by atoms with van der Waals surface area (Å²) < 4.78 is 22.9. The molecule has 0 amide bonds. The van der Waals surface area contributed by atoms with Crippen LogP contribution in [-0.2, 0) is 22.9 Å². The van der Waals surface area contributed by atoms with E-state index in [1.54, 1.807) is 19.1 Å². The number of benzene rings is 1. The molecule has 1 aromatic rings. The summed E-state index contributed by atoms with van der Waals surface area (Å²) >= 11 is 0. The Hall–Kier alpha value is -1.40. The quantitative estimate of drug-likeness (QED) is 0.877. The van der Waals surface area contributed by atoms with Crippen molar-refractivity contribution in [1.82, 2.24) is 4.90 Å². The molecule has 19 heavy (non-hydrogen) atoms. The minimum absolute atomic E-state index is 0.156. The van der Waals surface area contributed by atoms with Gasteiger partial charge in [0, 0.05) is 25.4 Å². The molecule has 1 aliphatic rings. The molecule has 0 fully saturated rings. The van der Waals surface area contributed by atoms with E-state index in [0.717, 1.165) is 11.1 Å². The van der Waals surface area contributed by atoms with Crippen LogP contribution in [0.15, 0.2) is 18.2 Å². The lowest BCUT2D eigenvalue weighted by Gasteiger charge is -2.13. The number of sulfone groups is 1. The van der Waals surface area contributed by atoms with E-state index in [4.69, 9.17) is 5.11 Å². The molecule has 0 bridgehead atoms. The highest BCUT2D eigenvalue weighted by molar-refractivity contribution is 7.91. The molecule has 1 aliphatic heterocycles. The molecule has 0 unspecified atom stereocenters. The van der Waals surface area contributed by atoms with Crippen LogP contribution >= 0.6 is 0 Å². The highest BCUT2D eigenvalue weighted by atomic mass is 32.2. The summed E-state index contributed by atoms with van der Waals surface area (Å²) in [6.07, 6.45) is 0. The summed E-state index contributed by atoms with van der Waals surface area (Å²) in [4.78, 5) is 12.9. The zero-order valence-electron chi connectivity index (χ0n) is 10.8. The summed E-state index contributed by atoms with van der Waals surface area (Å²) in [5.74, 6) is -0.616. The fourth-order valence-electron chi connectivity index (χ4n) is 2.17. The number of carbonyl (C=O) groups is 1. The molecule has 0 spiro atoms. The van der Waals surface area contributed by atoms with Gasteiger partial charge in [-0.15, -0.1) is 0 Å². The van der Waals surface area contributed by atoms with Crippen molar-refractivity contribution in [3.8, 4) is 0 Å². The first-order chi connectivity index (χ1) is 8.91. The molecule has 0 aromatic heterocycles. The van der Waals surface area contributed by atoms with Crippen LogP contribution in [0.2, 0.25) is 0 Å². The second kappa shape index (κ2) is 5.30. The maximum Gasteiger partial charge on any atom is 0.335 e. The number of hydrogen-bond donors (Lipinski definition) is 1. The molecule has 0 saturated heterocycles. The van der Waals surface area contributed by atoms with Crippen LogP contribution in [0.3, 0.4) is 0 Å². The average Bonchev–Trinajstić information content (AvgIpc) is 2.78. The van der Waals surface area contributed by atoms with Gasteiger partial charge in [-0.3, -0.25) is 4.90 Å². The lowest BCUT2D eigenvalue weighted by atomic mass is 10.1. The van der Waals surface area contributed by atoms with E-state index in [0.29, 0.717) is 19.6 Å². The van der Waals surface area contributed by atoms with E-state index in [2.05, 4.69) is 0 Å². The van der Waals surface area contributed by atoms with Gasteiger partial charge in [-0.2, -0.15) is 0 Å². The Morgan fingerprint density at radius 1 is 1.32 bits per heavy atom. The SMILES string of the molecule is CCS(=O)(=O)CCN1Cc2ccc(C(=O)O)cc2C1. The van der Waals surface area contributed by atoms with E-state index in [1.165, 1.54) is 0 Å². The third-order valence-electron chi connectivity index (χ3n) is 3.40. The zero-order chi connectivity index (χ0) is 14.0. The number of hydrogen-bond acceptors (Lipinski definition) is 4. The van der Waals surface area contributed by atoms with Crippen LogP contribution in [0, 0.1) is 0 Å². The van der Waals surface area contributed by atoms with E-state index in [1.807, 2.05) is 11.0 Å². The molecule has 6 heteroatoms. The van der Waals surface area contributed by atoms with Gasteiger partial charge >= 0.3 is 5.97 Å². The first-order valence-corrected chi connectivity index (χ1v) is 8.01. The van der Waals surface area contributed by atoms with Crippen LogP contribution < -0.4 is 0 Å². The summed E-state index contributed by atoms with van der Waals surface area (Å²) in [7, 11) is -2.95. The van der Waals surface area contributed by atoms with Crippen molar-refractivity contribution in [2.75, 3.05) is 18.1 Å². The topological polar surface area (TPSA) is 74.7 Å². The highest BCUT2D eigenvalue weighted by Crippen LogP contribution is 2.23. The van der Waals surface area contributed by atoms with E-state index >= 15 is 0 Å². The van der Waals surface area contributed by atoms with Crippen molar-refractivity contribution in [2.45, 2.75) is 20.0 Å². The van der Waals surface area contributed by atoms with Crippen LogP contribution in [0.5, 0.6) is 0 Å². The fourth-order valence-corrected chi connectivity index (χ4v) is 2.99. The fraction of sp³-hybridized carbons (Fsp3) is 0.462. The Bertz CT molecular complexity index is 595. The number of carboxylic acid groups (broad SMARTS) is 1. The van der Waals surface area contributed by atoms with E-state index in [-0.39, 0.29) is 17.1 Å². The maximum atomic E-state index is 11.5. The van der Waals surface area contributed by atoms with Gasteiger partial charge in [0.05, 0.1) is 11.3 Å². The third-order valence-corrected chi connectivity index (χ3v) is 5.08. The summed E-state index contributed by atoms with van der Waals surface area (Å²) in [6.45, 7) is 3.45. The zero-order valence-corrected chi connectivity index (χ0v) is 11.6. The molecular formula is C13H17NO4S. The molecule has 0 radical (unpaired) electrons. The minimum atomic E-state index is -2.95. The van der Waals surface area contributed by atoms with E-state index in [9.17, 15) is 13.2 Å². The van der Waals surface area contributed by atoms with Gasteiger partial charge in [-0.05, 0) is 23.3 Å². The monoisotopic (exact) mass is 283 g/mol. The number of carboxylic acids is 1. The first-order valence-electron chi connectivity index (χ1n) is 6.19. The second-order valence-corrected chi connectivity index (χ2v) is 7.21. The predicted octanol–water partition coefficient (Wildman–Crippen LogP) is 1.14. The van der Waals surface area contributed by atoms with Gasteiger partial charge in [-0.25, -0.2) is 13.2 Å². The van der Waals surface area contributed by atoms with Gasteiger partial charge in [0.1, 0.15) is 0 Å². The maximum absolute atomic E-state index is 11.5. The van der Waals surface area contributed by atoms with Crippen molar-refractivity contribution in [3.63, 3.8) is 0 Å². The van der Waals surface area contributed by atoms with Crippen molar-refractivity contribution < 1.29 is 18.3 Å². The molecule has 0 aliphatic carbocycles. The molecule has 1 N–H and O–H groups in total. The Morgan fingerprint density at radius 2 is 2.00 bits per heavy atom. The van der Waals surface area contributed by atoms with Crippen molar-refractivity contribution in [3.05, 3.63) is 34.9 Å². The number of aromatic carboxylic acids is 1. The average molecular weight is 283 g/mol. The van der Waals surface area contributed by atoms with Crippen molar-refractivity contribution in [2.24, 2.45) is 0 Å². The van der Waals surface area contributed by atoms with Gasteiger partial charge in [0.25, 0.3) is 0 Å². The lowest BCUT2D eigenvalue weighted by Crippen LogP contribution is -2.25. The van der Waals surface area contributed by atoms with Gasteiger partial charge in [-0.1, -0.05) is 13.0 Å². The predicted molar refractivity (Wildman–Crippen MR) is 71.8 cm³/mol. The molecule has 1 heterocycles. The molecule has 2 rings (SSSR count). The highest BCUT2D eigenvalue weighted by Gasteiger charge is 2.21. The molecule has 0 saturated carbocycles. The Kier molecular flexibility index (Phi) is 3.91. The molecule has 0 atom stereocenters. The molecule has 1 aromatic carbocycles. The van der Waals surface area contributed by atoms with Crippen molar-refractivity contribution in [1.29, 1.82) is 0 Å². The number of rotatable bonds is 5.